The Balaban J connectivity index is 2.14. The van der Waals surface area contributed by atoms with Crippen molar-refractivity contribution in [2.75, 3.05) is 13.1 Å². The molecule has 0 fully saturated rings. The second-order valence-electron chi connectivity index (χ2n) is 4.54. The molecule has 2 aromatic rings. The lowest BCUT2D eigenvalue weighted by molar-refractivity contribution is 0.0116. The molecular weight excluding hydrogens is 280 g/mol. The summed E-state index contributed by atoms with van der Waals surface area (Å²) in [6.45, 7) is -0.104. The minimum Gasteiger partial charge on any atom is -0.431 e. The molecule has 1 amide bonds. The largest absolute Gasteiger partial charge is 0.431 e. The van der Waals surface area contributed by atoms with Crippen molar-refractivity contribution in [2.24, 2.45) is 5.73 Å². The molecular formula is C14H15F2N3O2. The van der Waals surface area contributed by atoms with Gasteiger partial charge < -0.3 is 15.5 Å². The monoisotopic (exact) mass is 295 g/mol. The fraction of sp³-hybridized carbons (Fsp3) is 0.286. The maximum atomic E-state index is 13.0. The van der Waals surface area contributed by atoms with Gasteiger partial charge in [0.05, 0.1) is 18.8 Å². The molecule has 5 nitrogen and oxygen atoms in total. The SMILES string of the molecule is Cc1nc(-c2ccccc2)oc1C(=O)NCC(F)(F)CN. The summed E-state index contributed by atoms with van der Waals surface area (Å²) in [5, 5.41) is 2.09. The minimum atomic E-state index is -3.15. The Bertz CT molecular complexity index is 626. The van der Waals surface area contributed by atoms with Gasteiger partial charge in [0.1, 0.15) is 0 Å². The van der Waals surface area contributed by atoms with E-state index in [1.807, 2.05) is 6.07 Å². The lowest BCUT2D eigenvalue weighted by atomic mass is 10.2. The maximum Gasteiger partial charge on any atom is 0.289 e. The summed E-state index contributed by atoms with van der Waals surface area (Å²) in [6, 6.07) is 8.99. The number of nitrogens with one attached hydrogen (secondary N) is 1. The van der Waals surface area contributed by atoms with Crippen molar-refractivity contribution in [1.29, 1.82) is 0 Å². The lowest BCUT2D eigenvalue weighted by Crippen LogP contribution is -2.41. The van der Waals surface area contributed by atoms with Gasteiger partial charge in [0.15, 0.2) is 0 Å². The minimum absolute atomic E-state index is 0.0818. The van der Waals surface area contributed by atoms with Gasteiger partial charge in [-0.2, -0.15) is 0 Å². The number of carbonyl (C=O) groups is 1. The van der Waals surface area contributed by atoms with E-state index in [0.29, 0.717) is 11.3 Å². The highest BCUT2D eigenvalue weighted by atomic mass is 19.3. The second-order valence-corrected chi connectivity index (χ2v) is 4.54. The third-order valence-electron chi connectivity index (χ3n) is 2.83. The van der Waals surface area contributed by atoms with Crippen LogP contribution >= 0.6 is 0 Å². The standard InChI is InChI=1S/C14H15F2N3O2/c1-9-11(12(20)18-8-14(15,16)7-17)21-13(19-9)10-5-3-2-4-6-10/h2-6H,7-8,17H2,1H3,(H,18,20). The number of amides is 1. The summed E-state index contributed by atoms with van der Waals surface area (Å²) < 4.78 is 31.4. The van der Waals surface area contributed by atoms with Crippen molar-refractivity contribution in [3.05, 3.63) is 41.8 Å². The number of nitrogens with two attached hydrogens (primary N) is 1. The molecule has 0 aliphatic rings. The van der Waals surface area contributed by atoms with E-state index < -0.39 is 24.9 Å². The molecule has 0 unspecified atom stereocenters. The first-order valence-corrected chi connectivity index (χ1v) is 6.32. The number of oxazole rings is 1. The van der Waals surface area contributed by atoms with Crippen LogP contribution in [-0.4, -0.2) is 29.9 Å². The van der Waals surface area contributed by atoms with E-state index in [-0.39, 0.29) is 11.7 Å². The van der Waals surface area contributed by atoms with Gasteiger partial charge in [-0.15, -0.1) is 0 Å². The third kappa shape index (κ3) is 3.63. The molecule has 0 spiro atoms. The number of alkyl halides is 2. The summed E-state index contributed by atoms with van der Waals surface area (Å²) in [5.74, 6) is -3.70. The zero-order valence-corrected chi connectivity index (χ0v) is 11.4. The van der Waals surface area contributed by atoms with Gasteiger partial charge in [-0.1, -0.05) is 18.2 Å². The highest BCUT2D eigenvalue weighted by Crippen LogP contribution is 2.21. The Kier molecular flexibility index (Phi) is 4.32. The zero-order valence-electron chi connectivity index (χ0n) is 11.4. The van der Waals surface area contributed by atoms with Gasteiger partial charge in [-0.25, -0.2) is 13.8 Å². The molecule has 1 heterocycles. The molecule has 2 rings (SSSR count). The Morgan fingerprint density at radius 1 is 1.38 bits per heavy atom. The first-order valence-electron chi connectivity index (χ1n) is 6.32. The summed E-state index contributed by atoms with van der Waals surface area (Å²) in [4.78, 5) is 16.0. The van der Waals surface area contributed by atoms with Crippen LogP contribution in [0.4, 0.5) is 8.78 Å². The van der Waals surface area contributed by atoms with Gasteiger partial charge in [-0.3, -0.25) is 4.79 Å². The summed E-state index contributed by atoms with van der Waals surface area (Å²) in [6.07, 6.45) is 0. The van der Waals surface area contributed by atoms with Crippen LogP contribution in [-0.2, 0) is 0 Å². The number of hydrogen-bond acceptors (Lipinski definition) is 4. The van der Waals surface area contributed by atoms with Crippen molar-refractivity contribution in [2.45, 2.75) is 12.8 Å². The first-order chi connectivity index (χ1) is 9.93. The molecule has 1 aromatic carbocycles. The van der Waals surface area contributed by atoms with E-state index in [1.54, 1.807) is 31.2 Å². The molecule has 0 saturated carbocycles. The van der Waals surface area contributed by atoms with E-state index in [0.717, 1.165) is 0 Å². The molecule has 112 valence electrons. The molecule has 0 atom stereocenters. The molecule has 1 aromatic heterocycles. The number of carbonyl (C=O) groups excluding carboxylic acids is 1. The topological polar surface area (TPSA) is 81.2 Å². The molecule has 0 radical (unpaired) electrons. The summed E-state index contributed by atoms with van der Waals surface area (Å²) >= 11 is 0. The molecule has 0 bridgehead atoms. The fourth-order valence-electron chi connectivity index (χ4n) is 1.67. The molecule has 7 heteroatoms. The Labute approximate surface area is 120 Å². The van der Waals surface area contributed by atoms with Crippen molar-refractivity contribution in [3.8, 4) is 11.5 Å². The number of hydrogen-bond donors (Lipinski definition) is 2. The maximum absolute atomic E-state index is 13.0. The van der Waals surface area contributed by atoms with Crippen LogP contribution in [0.3, 0.4) is 0 Å². The van der Waals surface area contributed by atoms with E-state index in [1.165, 1.54) is 0 Å². The Morgan fingerprint density at radius 3 is 2.67 bits per heavy atom. The van der Waals surface area contributed by atoms with Gasteiger partial charge in [0.25, 0.3) is 11.8 Å². The van der Waals surface area contributed by atoms with E-state index in [4.69, 9.17) is 10.2 Å². The van der Waals surface area contributed by atoms with Crippen LogP contribution in [0.25, 0.3) is 11.5 Å². The van der Waals surface area contributed by atoms with Crippen LogP contribution in [0.1, 0.15) is 16.2 Å². The van der Waals surface area contributed by atoms with Crippen LogP contribution in [0, 0.1) is 6.92 Å². The number of benzene rings is 1. The molecule has 0 aliphatic heterocycles. The van der Waals surface area contributed by atoms with Crippen molar-refractivity contribution in [1.82, 2.24) is 10.3 Å². The molecule has 0 saturated heterocycles. The average Bonchev–Trinajstić information content (AvgIpc) is 2.88. The number of halogens is 2. The number of rotatable bonds is 5. The highest BCUT2D eigenvalue weighted by Gasteiger charge is 2.28. The third-order valence-corrected chi connectivity index (χ3v) is 2.83. The quantitative estimate of drug-likeness (QED) is 0.883. The van der Waals surface area contributed by atoms with Crippen LogP contribution in [0.15, 0.2) is 34.7 Å². The first kappa shape index (κ1) is 15.1. The predicted octanol–water partition coefficient (Wildman–Crippen LogP) is 1.97. The normalized spacial score (nSPS) is 11.4. The molecule has 3 N–H and O–H groups in total. The van der Waals surface area contributed by atoms with E-state index in [2.05, 4.69) is 10.3 Å². The predicted molar refractivity (Wildman–Crippen MR) is 73.0 cm³/mol. The number of nitrogens with zero attached hydrogens (tertiary/aromatic N) is 1. The van der Waals surface area contributed by atoms with E-state index in [9.17, 15) is 13.6 Å². The van der Waals surface area contributed by atoms with E-state index >= 15 is 0 Å². The lowest BCUT2D eigenvalue weighted by Gasteiger charge is -2.13. The van der Waals surface area contributed by atoms with Gasteiger partial charge in [0, 0.05) is 5.56 Å². The molecule has 21 heavy (non-hydrogen) atoms. The summed E-state index contributed by atoms with van der Waals surface area (Å²) in [7, 11) is 0. The second kappa shape index (κ2) is 6.01. The van der Waals surface area contributed by atoms with Crippen LogP contribution < -0.4 is 11.1 Å². The van der Waals surface area contributed by atoms with Gasteiger partial charge in [-0.05, 0) is 19.1 Å². The highest BCUT2D eigenvalue weighted by molar-refractivity contribution is 5.92. The van der Waals surface area contributed by atoms with Gasteiger partial charge >= 0.3 is 0 Å². The van der Waals surface area contributed by atoms with Gasteiger partial charge in [0.2, 0.25) is 11.7 Å². The summed E-state index contributed by atoms with van der Waals surface area (Å²) in [5.41, 5.74) is 5.94. The van der Waals surface area contributed by atoms with Crippen molar-refractivity contribution >= 4 is 5.91 Å². The molecule has 0 aliphatic carbocycles. The van der Waals surface area contributed by atoms with Crippen molar-refractivity contribution < 1.29 is 18.0 Å². The fourth-order valence-corrected chi connectivity index (χ4v) is 1.67. The zero-order chi connectivity index (χ0) is 15.5. The average molecular weight is 295 g/mol. The Hall–Kier alpha value is -2.28. The Morgan fingerprint density at radius 2 is 2.05 bits per heavy atom. The van der Waals surface area contributed by atoms with Crippen LogP contribution in [0.2, 0.25) is 0 Å². The smallest absolute Gasteiger partial charge is 0.289 e. The number of aromatic nitrogens is 1. The number of aryl methyl sites for hydroxylation is 1. The van der Waals surface area contributed by atoms with Crippen molar-refractivity contribution in [3.63, 3.8) is 0 Å². The van der Waals surface area contributed by atoms with Crippen LogP contribution in [0.5, 0.6) is 0 Å².